The molecule has 0 spiro atoms. The van der Waals surface area contributed by atoms with Crippen molar-refractivity contribution in [3.8, 4) is 0 Å². The lowest BCUT2D eigenvalue weighted by Gasteiger charge is -2.09. The molecule has 0 saturated heterocycles. The van der Waals surface area contributed by atoms with Crippen molar-refractivity contribution in [1.82, 2.24) is 0 Å². The number of carbonyl (C=O) groups is 2. The second-order valence-electron chi connectivity index (χ2n) is 7.08. The van der Waals surface area contributed by atoms with Gasteiger partial charge in [0.1, 0.15) is 0 Å². The summed E-state index contributed by atoms with van der Waals surface area (Å²) in [5, 5.41) is 5.82. The third kappa shape index (κ3) is 4.29. The zero-order chi connectivity index (χ0) is 19.3. The number of hydrogen-bond acceptors (Lipinski definition) is 2. The second-order valence-corrected chi connectivity index (χ2v) is 7.08. The summed E-state index contributed by atoms with van der Waals surface area (Å²) < 4.78 is 0. The number of hydrogen-bond donors (Lipinski definition) is 2. The highest BCUT2D eigenvalue weighted by Gasteiger charge is 2.13. The molecule has 3 aromatic rings. The summed E-state index contributed by atoms with van der Waals surface area (Å²) >= 11 is 0. The van der Waals surface area contributed by atoms with Crippen LogP contribution in [0.5, 0.6) is 0 Å². The molecule has 2 amide bonds. The third-order valence-electron chi connectivity index (χ3n) is 4.99. The highest BCUT2D eigenvalue weighted by molar-refractivity contribution is 6.04. The number of amides is 2. The van der Waals surface area contributed by atoms with Gasteiger partial charge in [0, 0.05) is 16.9 Å². The zero-order valence-corrected chi connectivity index (χ0v) is 15.6. The Morgan fingerprint density at radius 2 is 1.46 bits per heavy atom. The summed E-state index contributed by atoms with van der Waals surface area (Å²) in [6.07, 6.45) is 3.71. The maximum Gasteiger partial charge on any atom is 0.255 e. The van der Waals surface area contributed by atoms with E-state index in [2.05, 4.69) is 22.8 Å². The molecule has 0 aromatic heterocycles. The maximum absolute atomic E-state index is 12.5. The van der Waals surface area contributed by atoms with Crippen LogP contribution in [-0.2, 0) is 24.1 Å². The number of anilines is 2. The van der Waals surface area contributed by atoms with E-state index >= 15 is 0 Å². The average Bonchev–Trinajstić information content (AvgIpc) is 3.17. The van der Waals surface area contributed by atoms with Crippen molar-refractivity contribution in [1.29, 1.82) is 0 Å². The number of nitrogens with one attached hydrogen (secondary N) is 2. The van der Waals surface area contributed by atoms with Gasteiger partial charge in [-0.15, -0.1) is 0 Å². The number of benzene rings is 3. The van der Waals surface area contributed by atoms with Gasteiger partial charge in [0.15, 0.2) is 0 Å². The fraction of sp³-hybridized carbons (Fsp3) is 0.167. The highest BCUT2D eigenvalue weighted by atomic mass is 16.2. The van der Waals surface area contributed by atoms with Crippen LogP contribution >= 0.6 is 0 Å². The molecular weight excluding hydrogens is 348 g/mol. The van der Waals surface area contributed by atoms with Crippen LogP contribution in [0.3, 0.4) is 0 Å². The summed E-state index contributed by atoms with van der Waals surface area (Å²) in [4.78, 5) is 24.6. The van der Waals surface area contributed by atoms with Crippen LogP contribution in [-0.4, -0.2) is 11.8 Å². The Labute approximate surface area is 164 Å². The van der Waals surface area contributed by atoms with E-state index in [4.69, 9.17) is 0 Å². The molecule has 3 aromatic carbocycles. The summed E-state index contributed by atoms with van der Waals surface area (Å²) in [5.74, 6) is -0.235. The first kappa shape index (κ1) is 18.0. The normalized spacial score (nSPS) is 12.3. The van der Waals surface area contributed by atoms with E-state index < -0.39 is 0 Å². The first-order valence-electron chi connectivity index (χ1n) is 9.54. The van der Waals surface area contributed by atoms with Crippen molar-refractivity contribution in [2.45, 2.75) is 25.7 Å². The first-order valence-corrected chi connectivity index (χ1v) is 9.54. The standard InChI is InChI=1S/C24H22N2O2/c27-23(15-17-5-2-1-3-6-17)25-21-12-10-19(11-13-21)24(28)26-22-14-9-18-7-4-8-20(18)16-22/h1-3,5-6,9-14,16H,4,7-8,15H2,(H,25,27)(H,26,28). The van der Waals surface area contributed by atoms with Crippen molar-refractivity contribution in [2.75, 3.05) is 10.6 Å². The fourth-order valence-electron chi connectivity index (χ4n) is 3.54. The predicted octanol–water partition coefficient (Wildman–Crippen LogP) is 4.61. The second kappa shape index (κ2) is 8.09. The Bertz CT molecular complexity index is 995. The summed E-state index contributed by atoms with van der Waals surface area (Å²) in [6.45, 7) is 0. The van der Waals surface area contributed by atoms with E-state index in [1.54, 1.807) is 24.3 Å². The van der Waals surface area contributed by atoms with Gasteiger partial charge in [-0.1, -0.05) is 36.4 Å². The topological polar surface area (TPSA) is 58.2 Å². The summed E-state index contributed by atoms with van der Waals surface area (Å²) in [7, 11) is 0. The van der Waals surface area contributed by atoms with Crippen LogP contribution in [0.25, 0.3) is 0 Å². The van der Waals surface area contributed by atoms with Crippen LogP contribution in [0.2, 0.25) is 0 Å². The molecule has 0 unspecified atom stereocenters. The van der Waals surface area contributed by atoms with E-state index in [1.165, 1.54) is 17.5 Å². The van der Waals surface area contributed by atoms with Gasteiger partial charge < -0.3 is 10.6 Å². The molecule has 1 aliphatic rings. The molecule has 0 heterocycles. The van der Waals surface area contributed by atoms with Gasteiger partial charge in [-0.3, -0.25) is 9.59 Å². The average molecular weight is 370 g/mol. The minimum Gasteiger partial charge on any atom is -0.326 e. The lowest BCUT2D eigenvalue weighted by molar-refractivity contribution is -0.115. The van der Waals surface area contributed by atoms with Gasteiger partial charge in [-0.05, 0) is 72.4 Å². The van der Waals surface area contributed by atoms with Crippen molar-refractivity contribution < 1.29 is 9.59 Å². The summed E-state index contributed by atoms with van der Waals surface area (Å²) in [5.41, 5.74) is 5.73. The number of carbonyl (C=O) groups excluding carboxylic acids is 2. The molecule has 1 aliphatic carbocycles. The van der Waals surface area contributed by atoms with Gasteiger partial charge in [0.2, 0.25) is 5.91 Å². The number of aryl methyl sites for hydroxylation is 2. The van der Waals surface area contributed by atoms with Crippen molar-refractivity contribution in [3.05, 3.63) is 95.1 Å². The molecule has 2 N–H and O–H groups in total. The Morgan fingerprint density at radius 3 is 2.25 bits per heavy atom. The van der Waals surface area contributed by atoms with E-state index in [9.17, 15) is 9.59 Å². The van der Waals surface area contributed by atoms with Gasteiger partial charge in [0.25, 0.3) is 5.91 Å². The molecule has 4 nitrogen and oxygen atoms in total. The summed E-state index contributed by atoms with van der Waals surface area (Å²) in [6, 6.07) is 22.7. The molecule has 0 fully saturated rings. The zero-order valence-electron chi connectivity index (χ0n) is 15.6. The van der Waals surface area contributed by atoms with Crippen LogP contribution in [0.4, 0.5) is 11.4 Å². The lowest BCUT2D eigenvalue weighted by atomic mass is 10.1. The van der Waals surface area contributed by atoms with Crippen LogP contribution in [0.15, 0.2) is 72.8 Å². The lowest BCUT2D eigenvalue weighted by Crippen LogP contribution is -2.15. The Kier molecular flexibility index (Phi) is 5.20. The third-order valence-corrected chi connectivity index (χ3v) is 4.99. The molecule has 0 bridgehead atoms. The molecule has 4 heteroatoms. The predicted molar refractivity (Wildman–Crippen MR) is 112 cm³/mol. The van der Waals surface area contributed by atoms with Gasteiger partial charge in [0.05, 0.1) is 6.42 Å². The Balaban J connectivity index is 1.36. The fourth-order valence-corrected chi connectivity index (χ4v) is 3.54. The molecule has 0 radical (unpaired) electrons. The molecule has 4 rings (SSSR count). The van der Waals surface area contributed by atoms with Crippen LogP contribution in [0.1, 0.15) is 33.5 Å². The Hall–Kier alpha value is -3.40. The van der Waals surface area contributed by atoms with E-state index in [1.807, 2.05) is 36.4 Å². The molecule has 0 aliphatic heterocycles. The first-order chi connectivity index (χ1) is 13.7. The van der Waals surface area contributed by atoms with Gasteiger partial charge in [-0.25, -0.2) is 0 Å². The minimum absolute atomic E-state index is 0.0819. The van der Waals surface area contributed by atoms with Crippen LogP contribution < -0.4 is 10.6 Å². The minimum atomic E-state index is -0.153. The largest absolute Gasteiger partial charge is 0.326 e. The monoisotopic (exact) mass is 370 g/mol. The molecule has 0 atom stereocenters. The molecule has 0 saturated carbocycles. The quantitative estimate of drug-likeness (QED) is 0.689. The maximum atomic E-state index is 12.5. The molecule has 28 heavy (non-hydrogen) atoms. The highest BCUT2D eigenvalue weighted by Crippen LogP contribution is 2.25. The molecule has 140 valence electrons. The molecular formula is C24H22N2O2. The SMILES string of the molecule is O=C(Cc1ccccc1)Nc1ccc(C(=O)Nc2ccc3c(c2)CCC3)cc1. The van der Waals surface area contributed by atoms with Crippen LogP contribution in [0, 0.1) is 0 Å². The van der Waals surface area contributed by atoms with Crippen molar-refractivity contribution in [3.63, 3.8) is 0 Å². The van der Waals surface area contributed by atoms with E-state index in [0.29, 0.717) is 17.7 Å². The smallest absolute Gasteiger partial charge is 0.255 e. The number of fused-ring (bicyclic) bond motifs is 1. The van der Waals surface area contributed by atoms with E-state index in [-0.39, 0.29) is 11.8 Å². The van der Waals surface area contributed by atoms with Gasteiger partial charge in [-0.2, -0.15) is 0 Å². The number of rotatable bonds is 5. The van der Waals surface area contributed by atoms with Gasteiger partial charge >= 0.3 is 0 Å². The van der Waals surface area contributed by atoms with E-state index in [0.717, 1.165) is 24.1 Å². The Morgan fingerprint density at radius 1 is 0.750 bits per heavy atom. The van der Waals surface area contributed by atoms with Crippen molar-refractivity contribution >= 4 is 23.2 Å². The van der Waals surface area contributed by atoms with Crippen molar-refractivity contribution in [2.24, 2.45) is 0 Å².